The summed E-state index contributed by atoms with van der Waals surface area (Å²) in [5.74, 6) is -2.60. The summed E-state index contributed by atoms with van der Waals surface area (Å²) in [6.07, 6.45) is 5.78. The Bertz CT molecular complexity index is 1640. The molecule has 0 unspecified atom stereocenters. The van der Waals surface area contributed by atoms with Crippen LogP contribution in [0.5, 0.6) is 0 Å². The second-order valence-corrected chi connectivity index (χ2v) is 15.1. The van der Waals surface area contributed by atoms with E-state index in [9.17, 15) is 28.8 Å². The number of nitrogens with zero attached hydrogens (tertiary/aromatic N) is 3. The number of hydrogen-bond acceptors (Lipinski definition) is 6. The second kappa shape index (κ2) is 17.4. The zero-order valence-corrected chi connectivity index (χ0v) is 31.0. The molecule has 4 aliphatic rings. The van der Waals surface area contributed by atoms with Crippen LogP contribution in [-0.2, 0) is 41.6 Å². The quantitative estimate of drug-likeness (QED) is 0.417. The number of benzene rings is 2. The van der Waals surface area contributed by atoms with Crippen molar-refractivity contribution < 1.29 is 28.8 Å². The van der Waals surface area contributed by atoms with Gasteiger partial charge in [-0.2, -0.15) is 0 Å². The minimum atomic E-state index is -1.03. The van der Waals surface area contributed by atoms with Gasteiger partial charge in [0.15, 0.2) is 0 Å². The third kappa shape index (κ3) is 8.74. The van der Waals surface area contributed by atoms with Crippen LogP contribution in [0.3, 0.4) is 0 Å². The van der Waals surface area contributed by atoms with Gasteiger partial charge in [0, 0.05) is 32.5 Å². The maximum Gasteiger partial charge on any atom is 0.246 e. The summed E-state index contributed by atoms with van der Waals surface area (Å²) in [5, 5.41) is 9.00. The van der Waals surface area contributed by atoms with Crippen LogP contribution in [0, 0.1) is 5.92 Å². The SMILES string of the molecule is CC[C@H](C)[C@@H]1NC(=O)[C@@H](Cc2ccccc2)NC(=O)[C@@H]2CCCN2C(=O)[C@H](Cc2ccccc2)NC(=O)[C@@H]2CCCCN2C(=O)[C@H]2CCCCN2C1=O. The van der Waals surface area contributed by atoms with Gasteiger partial charge in [-0.25, -0.2) is 0 Å². The molecule has 2 aromatic carbocycles. The normalized spacial score (nSPS) is 28.5. The molecule has 12 heteroatoms. The first-order valence-corrected chi connectivity index (χ1v) is 19.6. The van der Waals surface area contributed by atoms with Crippen LogP contribution in [0.4, 0.5) is 0 Å². The first-order valence-electron chi connectivity index (χ1n) is 19.6. The second-order valence-electron chi connectivity index (χ2n) is 15.1. The number of carbonyl (C=O) groups excluding carboxylic acids is 6. The Hall–Kier alpha value is -4.74. The largest absolute Gasteiger partial charge is 0.342 e. The summed E-state index contributed by atoms with van der Waals surface area (Å²) in [6, 6.07) is 13.4. The van der Waals surface area contributed by atoms with Crippen molar-refractivity contribution in [2.24, 2.45) is 5.92 Å². The first kappa shape index (κ1) is 38.0. The Morgan fingerprint density at radius 1 is 0.547 bits per heavy atom. The molecule has 0 radical (unpaired) electrons. The molecular formula is C41H54N6O6. The Morgan fingerprint density at radius 3 is 1.60 bits per heavy atom. The molecule has 0 aliphatic carbocycles. The van der Waals surface area contributed by atoms with Crippen LogP contribution in [-0.4, -0.2) is 106 Å². The van der Waals surface area contributed by atoms with E-state index in [1.807, 2.05) is 74.5 Å². The molecule has 2 aromatic rings. The van der Waals surface area contributed by atoms with Crippen LogP contribution in [0.25, 0.3) is 0 Å². The monoisotopic (exact) mass is 726 g/mol. The molecule has 4 saturated heterocycles. The molecule has 4 aliphatic heterocycles. The van der Waals surface area contributed by atoms with Crippen molar-refractivity contribution in [1.82, 2.24) is 30.7 Å². The van der Waals surface area contributed by atoms with E-state index < -0.39 is 54.0 Å². The standard InChI is InChI=1S/C41H54N6O6/c1-3-27(2)35-41(53)47-23-13-11-20-34(47)40(52)46-22-12-10-19-32(46)38(50)43-31(26-29-17-8-5-9-18-29)39(51)45-24-14-21-33(45)37(49)42-30(36(48)44-35)25-28-15-6-4-7-16-28/h4-9,15-18,27,30-35H,3,10-14,19-26H2,1-2H3,(H,42,49)(H,43,50)(H,44,48)/t27-,30+,31-,32-,33-,34+,35-/m0/s1. The van der Waals surface area contributed by atoms with E-state index in [0.717, 1.165) is 30.4 Å². The fraction of sp³-hybridized carbons (Fsp3) is 0.561. The van der Waals surface area contributed by atoms with Gasteiger partial charge in [0.25, 0.3) is 0 Å². The van der Waals surface area contributed by atoms with E-state index in [1.165, 1.54) is 4.90 Å². The third-order valence-corrected chi connectivity index (χ3v) is 11.6. The number of hydrogen-bond donors (Lipinski definition) is 3. The van der Waals surface area contributed by atoms with E-state index in [0.29, 0.717) is 58.2 Å². The molecule has 6 rings (SSSR count). The third-order valence-electron chi connectivity index (χ3n) is 11.6. The van der Waals surface area contributed by atoms with Crippen molar-refractivity contribution in [1.29, 1.82) is 0 Å². The molecule has 0 saturated carbocycles. The highest BCUT2D eigenvalue weighted by Crippen LogP contribution is 2.27. The summed E-state index contributed by atoms with van der Waals surface area (Å²) >= 11 is 0. The van der Waals surface area contributed by atoms with Gasteiger partial charge in [-0.05, 0) is 68.4 Å². The molecule has 12 nitrogen and oxygen atoms in total. The van der Waals surface area contributed by atoms with Crippen molar-refractivity contribution in [3.63, 3.8) is 0 Å². The first-order chi connectivity index (χ1) is 25.7. The van der Waals surface area contributed by atoms with Gasteiger partial charge >= 0.3 is 0 Å². The minimum absolute atomic E-state index is 0.175. The smallest absolute Gasteiger partial charge is 0.246 e. The highest BCUT2D eigenvalue weighted by molar-refractivity contribution is 5.98. The Kier molecular flexibility index (Phi) is 12.5. The average molecular weight is 727 g/mol. The van der Waals surface area contributed by atoms with Crippen molar-refractivity contribution in [2.75, 3.05) is 19.6 Å². The number of nitrogens with one attached hydrogen (secondary N) is 3. The lowest BCUT2D eigenvalue weighted by molar-refractivity contribution is -0.155. The Balaban J connectivity index is 1.40. The summed E-state index contributed by atoms with van der Waals surface area (Å²) in [6.45, 7) is 4.90. The van der Waals surface area contributed by atoms with Gasteiger partial charge in [-0.15, -0.1) is 0 Å². The predicted octanol–water partition coefficient (Wildman–Crippen LogP) is 2.74. The molecule has 4 heterocycles. The summed E-state index contributed by atoms with van der Waals surface area (Å²) < 4.78 is 0. The van der Waals surface area contributed by atoms with Gasteiger partial charge in [0.05, 0.1) is 0 Å². The van der Waals surface area contributed by atoms with Crippen LogP contribution >= 0.6 is 0 Å². The van der Waals surface area contributed by atoms with Crippen molar-refractivity contribution >= 4 is 35.4 Å². The van der Waals surface area contributed by atoms with E-state index in [-0.39, 0.29) is 36.5 Å². The number of carbonyl (C=O) groups is 6. The zero-order chi connectivity index (χ0) is 37.5. The van der Waals surface area contributed by atoms with E-state index >= 15 is 0 Å². The molecular weight excluding hydrogens is 672 g/mol. The van der Waals surface area contributed by atoms with Crippen LogP contribution in [0.1, 0.15) is 82.8 Å². The van der Waals surface area contributed by atoms with Gasteiger partial charge in [-0.1, -0.05) is 80.9 Å². The highest BCUT2D eigenvalue weighted by atomic mass is 16.2. The molecule has 4 fully saturated rings. The molecule has 284 valence electrons. The highest BCUT2D eigenvalue weighted by Gasteiger charge is 2.45. The average Bonchev–Trinajstić information content (AvgIpc) is 3.69. The van der Waals surface area contributed by atoms with Crippen molar-refractivity contribution in [3.05, 3.63) is 71.8 Å². The number of amides is 6. The van der Waals surface area contributed by atoms with Gasteiger partial charge in [-0.3, -0.25) is 28.8 Å². The fourth-order valence-corrected chi connectivity index (χ4v) is 8.38. The molecule has 53 heavy (non-hydrogen) atoms. The molecule has 0 aromatic heterocycles. The predicted molar refractivity (Wildman–Crippen MR) is 199 cm³/mol. The van der Waals surface area contributed by atoms with E-state index in [1.54, 1.807) is 9.80 Å². The lowest BCUT2D eigenvalue weighted by atomic mass is 9.92. The number of rotatable bonds is 6. The lowest BCUT2D eigenvalue weighted by Gasteiger charge is -2.43. The lowest BCUT2D eigenvalue weighted by Crippen LogP contribution is -2.64. The van der Waals surface area contributed by atoms with Gasteiger partial charge in [0.1, 0.15) is 36.3 Å². The van der Waals surface area contributed by atoms with Crippen molar-refractivity contribution in [2.45, 2.75) is 121 Å². The van der Waals surface area contributed by atoms with Crippen LogP contribution in [0.15, 0.2) is 60.7 Å². The molecule has 0 spiro atoms. The van der Waals surface area contributed by atoms with Gasteiger partial charge in [0.2, 0.25) is 35.4 Å². The van der Waals surface area contributed by atoms with Gasteiger partial charge < -0.3 is 30.7 Å². The maximum atomic E-state index is 14.6. The molecule has 6 amide bonds. The fourth-order valence-electron chi connectivity index (χ4n) is 8.38. The Morgan fingerprint density at radius 2 is 1.02 bits per heavy atom. The molecule has 3 N–H and O–H groups in total. The number of piperidine rings is 2. The van der Waals surface area contributed by atoms with Crippen molar-refractivity contribution in [3.8, 4) is 0 Å². The summed E-state index contributed by atoms with van der Waals surface area (Å²) in [4.78, 5) is 91.0. The number of fused-ring (bicyclic) bond motifs is 3. The zero-order valence-electron chi connectivity index (χ0n) is 31.0. The van der Waals surface area contributed by atoms with Crippen LogP contribution < -0.4 is 16.0 Å². The van der Waals surface area contributed by atoms with E-state index in [4.69, 9.17) is 0 Å². The molecule has 7 atom stereocenters. The van der Waals surface area contributed by atoms with Crippen LogP contribution in [0.2, 0.25) is 0 Å². The summed E-state index contributed by atoms with van der Waals surface area (Å²) in [5.41, 5.74) is 1.67. The minimum Gasteiger partial charge on any atom is -0.342 e. The molecule has 0 bridgehead atoms. The topological polar surface area (TPSA) is 148 Å². The summed E-state index contributed by atoms with van der Waals surface area (Å²) in [7, 11) is 0. The maximum absolute atomic E-state index is 14.6. The Labute approximate surface area is 312 Å². The van der Waals surface area contributed by atoms with E-state index in [2.05, 4.69) is 16.0 Å².